The number of aryl methyl sites for hydroxylation is 1. The van der Waals surface area contributed by atoms with Crippen molar-refractivity contribution in [2.45, 2.75) is 13.0 Å². The van der Waals surface area contributed by atoms with E-state index in [2.05, 4.69) is 0 Å². The Morgan fingerprint density at radius 3 is 2.26 bits per heavy atom. The summed E-state index contributed by atoms with van der Waals surface area (Å²) in [6, 6.07) is 14.1. The van der Waals surface area contributed by atoms with Crippen LogP contribution in [0, 0.1) is 6.92 Å². The lowest BCUT2D eigenvalue weighted by atomic mass is 10.0. The van der Waals surface area contributed by atoms with Gasteiger partial charge in [0, 0.05) is 31.7 Å². The van der Waals surface area contributed by atoms with Crippen LogP contribution in [0.5, 0.6) is 5.75 Å². The molecule has 2 aromatic rings. The lowest BCUT2D eigenvalue weighted by molar-refractivity contribution is -0.134. The van der Waals surface area contributed by atoms with Crippen molar-refractivity contribution in [2.75, 3.05) is 33.3 Å². The molecule has 27 heavy (non-hydrogen) atoms. The van der Waals surface area contributed by atoms with Gasteiger partial charge in [0.15, 0.2) is 0 Å². The van der Waals surface area contributed by atoms with Gasteiger partial charge >= 0.3 is 0 Å². The molecular formula is C21H25N3O3. The van der Waals surface area contributed by atoms with E-state index >= 15 is 0 Å². The maximum atomic E-state index is 12.7. The molecule has 0 aromatic heterocycles. The van der Waals surface area contributed by atoms with E-state index in [-0.39, 0.29) is 11.8 Å². The highest BCUT2D eigenvalue weighted by atomic mass is 16.5. The van der Waals surface area contributed by atoms with Crippen LogP contribution in [0.1, 0.15) is 27.5 Å². The van der Waals surface area contributed by atoms with Gasteiger partial charge in [-0.1, -0.05) is 35.9 Å². The highest BCUT2D eigenvalue weighted by Gasteiger charge is 2.28. The van der Waals surface area contributed by atoms with Crippen molar-refractivity contribution >= 4 is 11.8 Å². The van der Waals surface area contributed by atoms with Gasteiger partial charge in [-0.15, -0.1) is 0 Å². The number of nitrogens with zero attached hydrogens (tertiary/aromatic N) is 2. The first-order valence-electron chi connectivity index (χ1n) is 9.04. The fourth-order valence-corrected chi connectivity index (χ4v) is 3.18. The first-order valence-corrected chi connectivity index (χ1v) is 9.04. The highest BCUT2D eigenvalue weighted by Crippen LogP contribution is 2.18. The normalized spacial score (nSPS) is 15.4. The van der Waals surface area contributed by atoms with E-state index in [9.17, 15) is 9.59 Å². The molecule has 0 aliphatic carbocycles. The summed E-state index contributed by atoms with van der Waals surface area (Å²) in [5.41, 5.74) is 8.67. The minimum absolute atomic E-state index is 0.0520. The molecule has 0 bridgehead atoms. The van der Waals surface area contributed by atoms with Crippen molar-refractivity contribution < 1.29 is 14.3 Å². The topological polar surface area (TPSA) is 75.9 Å². The minimum atomic E-state index is -0.675. The van der Waals surface area contributed by atoms with E-state index < -0.39 is 6.04 Å². The van der Waals surface area contributed by atoms with Gasteiger partial charge < -0.3 is 20.3 Å². The van der Waals surface area contributed by atoms with Gasteiger partial charge in [-0.3, -0.25) is 9.59 Å². The monoisotopic (exact) mass is 367 g/mol. The number of carbonyl (C=O) groups excluding carboxylic acids is 2. The molecule has 2 amide bonds. The van der Waals surface area contributed by atoms with Gasteiger partial charge in [-0.05, 0) is 30.7 Å². The molecule has 6 nitrogen and oxygen atoms in total. The fraction of sp³-hybridized carbons (Fsp3) is 0.333. The molecule has 6 heteroatoms. The smallest absolute Gasteiger partial charge is 0.254 e. The van der Waals surface area contributed by atoms with Crippen LogP contribution in [0.3, 0.4) is 0 Å². The van der Waals surface area contributed by atoms with Gasteiger partial charge in [-0.25, -0.2) is 0 Å². The molecule has 1 atom stereocenters. The zero-order chi connectivity index (χ0) is 19.4. The van der Waals surface area contributed by atoms with Crippen LogP contribution < -0.4 is 10.5 Å². The molecule has 1 fully saturated rings. The Balaban J connectivity index is 1.60. The molecule has 0 radical (unpaired) electrons. The second-order valence-electron chi connectivity index (χ2n) is 6.74. The van der Waals surface area contributed by atoms with E-state index in [1.165, 1.54) is 0 Å². The van der Waals surface area contributed by atoms with Gasteiger partial charge in [-0.2, -0.15) is 0 Å². The molecule has 1 saturated heterocycles. The maximum absolute atomic E-state index is 12.7. The number of hydrogen-bond acceptors (Lipinski definition) is 4. The number of carbonyl (C=O) groups is 2. The van der Waals surface area contributed by atoms with Crippen molar-refractivity contribution in [3.8, 4) is 5.75 Å². The van der Waals surface area contributed by atoms with Crippen LogP contribution in [0.2, 0.25) is 0 Å². The van der Waals surface area contributed by atoms with Crippen molar-refractivity contribution in [1.29, 1.82) is 0 Å². The molecule has 1 aliphatic heterocycles. The summed E-state index contributed by atoms with van der Waals surface area (Å²) >= 11 is 0. The number of nitrogens with two attached hydrogens (primary N) is 1. The number of rotatable bonds is 4. The first kappa shape index (κ1) is 18.9. The standard InChI is InChI=1S/C21H25N3O3/c1-15-6-8-16(9-7-15)19(22)21(26)24-12-10-23(11-13-24)20(25)17-4-3-5-18(14-17)27-2/h3-9,14,19H,10-13,22H2,1-2H3. The zero-order valence-electron chi connectivity index (χ0n) is 15.7. The van der Waals surface area contributed by atoms with Crippen LogP contribution in [0.25, 0.3) is 0 Å². The van der Waals surface area contributed by atoms with Crippen molar-refractivity contribution in [3.05, 3.63) is 65.2 Å². The van der Waals surface area contributed by atoms with E-state index in [0.29, 0.717) is 37.5 Å². The summed E-state index contributed by atoms with van der Waals surface area (Å²) in [6.45, 7) is 3.93. The Hall–Kier alpha value is -2.86. The number of piperazine rings is 1. The number of amides is 2. The third-order valence-electron chi connectivity index (χ3n) is 4.90. The van der Waals surface area contributed by atoms with Gasteiger partial charge in [0.25, 0.3) is 5.91 Å². The SMILES string of the molecule is COc1cccc(C(=O)N2CCN(C(=O)C(N)c3ccc(C)cc3)CC2)c1. The Morgan fingerprint density at radius 1 is 1.00 bits per heavy atom. The van der Waals surface area contributed by atoms with Crippen molar-refractivity contribution in [1.82, 2.24) is 9.80 Å². The summed E-state index contributed by atoms with van der Waals surface area (Å²) in [5, 5.41) is 0. The Kier molecular flexibility index (Phi) is 5.76. The maximum Gasteiger partial charge on any atom is 0.254 e. The van der Waals surface area contributed by atoms with E-state index in [1.807, 2.05) is 31.2 Å². The van der Waals surface area contributed by atoms with E-state index in [1.54, 1.807) is 41.2 Å². The number of methoxy groups -OCH3 is 1. The quantitative estimate of drug-likeness (QED) is 0.897. The molecular weight excluding hydrogens is 342 g/mol. The summed E-state index contributed by atoms with van der Waals surface area (Å²) in [6.07, 6.45) is 0. The second-order valence-corrected chi connectivity index (χ2v) is 6.74. The third kappa shape index (κ3) is 4.28. The molecule has 1 aliphatic rings. The Labute approximate surface area is 159 Å². The molecule has 0 saturated carbocycles. The lowest BCUT2D eigenvalue weighted by Crippen LogP contribution is -2.52. The highest BCUT2D eigenvalue weighted by molar-refractivity contribution is 5.95. The summed E-state index contributed by atoms with van der Waals surface area (Å²) in [5.74, 6) is 0.495. The van der Waals surface area contributed by atoms with E-state index in [0.717, 1.165) is 11.1 Å². The van der Waals surface area contributed by atoms with Crippen LogP contribution in [0.15, 0.2) is 48.5 Å². The number of benzene rings is 2. The molecule has 2 aromatic carbocycles. The molecule has 1 heterocycles. The summed E-state index contributed by atoms with van der Waals surface area (Å²) in [7, 11) is 1.57. The molecule has 2 N–H and O–H groups in total. The van der Waals surface area contributed by atoms with E-state index in [4.69, 9.17) is 10.5 Å². The van der Waals surface area contributed by atoms with Crippen molar-refractivity contribution in [2.24, 2.45) is 5.73 Å². The predicted octanol–water partition coefficient (Wildman–Crippen LogP) is 1.99. The average Bonchev–Trinajstić information content (AvgIpc) is 2.73. The van der Waals surface area contributed by atoms with Crippen LogP contribution in [-0.4, -0.2) is 54.9 Å². The van der Waals surface area contributed by atoms with Gasteiger partial charge in [0.05, 0.1) is 7.11 Å². The van der Waals surface area contributed by atoms with Crippen LogP contribution in [0.4, 0.5) is 0 Å². The molecule has 3 rings (SSSR count). The third-order valence-corrected chi connectivity index (χ3v) is 4.90. The summed E-state index contributed by atoms with van der Waals surface area (Å²) in [4.78, 5) is 28.9. The minimum Gasteiger partial charge on any atom is -0.497 e. The Morgan fingerprint density at radius 2 is 1.63 bits per heavy atom. The summed E-state index contributed by atoms with van der Waals surface area (Å²) < 4.78 is 5.18. The van der Waals surface area contributed by atoms with Gasteiger partial charge in [0.2, 0.25) is 5.91 Å². The largest absolute Gasteiger partial charge is 0.497 e. The van der Waals surface area contributed by atoms with Crippen LogP contribution in [-0.2, 0) is 4.79 Å². The zero-order valence-corrected chi connectivity index (χ0v) is 15.7. The van der Waals surface area contributed by atoms with Gasteiger partial charge in [0.1, 0.15) is 11.8 Å². The van der Waals surface area contributed by atoms with Crippen molar-refractivity contribution in [3.63, 3.8) is 0 Å². The number of ether oxygens (including phenoxy) is 1. The van der Waals surface area contributed by atoms with Crippen LogP contribution >= 0.6 is 0 Å². The first-order chi connectivity index (χ1) is 13.0. The molecule has 1 unspecified atom stereocenters. The Bertz CT molecular complexity index is 812. The molecule has 0 spiro atoms. The lowest BCUT2D eigenvalue weighted by Gasteiger charge is -2.36. The number of hydrogen-bond donors (Lipinski definition) is 1. The fourth-order valence-electron chi connectivity index (χ4n) is 3.18. The predicted molar refractivity (Wildman–Crippen MR) is 104 cm³/mol. The second kappa shape index (κ2) is 8.22. The molecule has 142 valence electrons. The average molecular weight is 367 g/mol.